The third-order valence-corrected chi connectivity index (χ3v) is 3.26. The molecule has 2 N–H and O–H groups in total. The minimum Gasteiger partial charge on any atom is -0.465 e. The number of aryl methyl sites for hydroxylation is 1. The molecule has 0 aliphatic rings. The topological polar surface area (TPSA) is 102 Å². The lowest BCUT2D eigenvalue weighted by Crippen LogP contribution is -2.19. The summed E-state index contributed by atoms with van der Waals surface area (Å²) in [6.45, 7) is 2.78. The maximum atomic E-state index is 12.5. The monoisotopic (exact) mass is 344 g/mol. The van der Waals surface area contributed by atoms with Crippen LogP contribution in [0, 0.1) is 6.92 Å². The van der Waals surface area contributed by atoms with Gasteiger partial charge in [-0.3, -0.25) is 4.79 Å². The summed E-state index contributed by atoms with van der Waals surface area (Å²) in [5, 5.41) is 5.66. The molecule has 0 atom stereocenters. The second kappa shape index (κ2) is 8.74. The molecule has 1 heterocycles. The van der Waals surface area contributed by atoms with Crippen LogP contribution in [0.1, 0.15) is 26.5 Å². The van der Waals surface area contributed by atoms with Gasteiger partial charge in [-0.05, 0) is 25.1 Å². The lowest BCUT2D eigenvalue weighted by molar-refractivity contribution is 0.0602. The Morgan fingerprint density at radius 1 is 1.16 bits per heavy atom. The first-order valence-electron chi connectivity index (χ1n) is 7.62. The van der Waals surface area contributed by atoms with E-state index in [-0.39, 0.29) is 11.3 Å². The van der Waals surface area contributed by atoms with Gasteiger partial charge in [0.2, 0.25) is 5.95 Å². The van der Waals surface area contributed by atoms with E-state index in [1.807, 2.05) is 0 Å². The van der Waals surface area contributed by atoms with Gasteiger partial charge in [-0.2, -0.15) is 0 Å². The Hall–Kier alpha value is -3.00. The van der Waals surface area contributed by atoms with Gasteiger partial charge in [-0.25, -0.2) is 14.8 Å². The molecule has 0 radical (unpaired) electrons. The van der Waals surface area contributed by atoms with Gasteiger partial charge < -0.3 is 20.1 Å². The molecular formula is C17H20N4O4. The van der Waals surface area contributed by atoms with E-state index in [4.69, 9.17) is 9.47 Å². The highest BCUT2D eigenvalue weighted by Gasteiger charge is 2.16. The number of nitrogens with zero attached hydrogens (tertiary/aromatic N) is 2. The number of methoxy groups -OCH3 is 2. The number of carbonyl (C=O) groups excluding carboxylic acids is 2. The number of ether oxygens (including phenoxy) is 2. The van der Waals surface area contributed by atoms with Gasteiger partial charge in [0.05, 0.1) is 25.0 Å². The summed E-state index contributed by atoms with van der Waals surface area (Å²) in [5.41, 5.74) is 1.44. The van der Waals surface area contributed by atoms with Crippen LogP contribution in [0.2, 0.25) is 0 Å². The van der Waals surface area contributed by atoms with E-state index in [1.54, 1.807) is 44.4 Å². The number of anilines is 2. The second-order valence-electron chi connectivity index (χ2n) is 5.13. The van der Waals surface area contributed by atoms with Gasteiger partial charge >= 0.3 is 5.97 Å². The van der Waals surface area contributed by atoms with Crippen molar-refractivity contribution in [3.05, 3.63) is 47.3 Å². The van der Waals surface area contributed by atoms with Crippen LogP contribution in [0.3, 0.4) is 0 Å². The summed E-state index contributed by atoms with van der Waals surface area (Å²) in [6.07, 6.45) is 0. The Morgan fingerprint density at radius 2 is 1.92 bits per heavy atom. The van der Waals surface area contributed by atoms with Crippen molar-refractivity contribution in [3.63, 3.8) is 0 Å². The molecule has 2 aromatic rings. The van der Waals surface area contributed by atoms with Crippen LogP contribution in [-0.4, -0.2) is 49.2 Å². The lowest BCUT2D eigenvalue weighted by atomic mass is 10.1. The number of carbonyl (C=O) groups is 2. The molecule has 1 aromatic heterocycles. The number of aromatic nitrogens is 2. The molecule has 8 nitrogen and oxygen atoms in total. The summed E-state index contributed by atoms with van der Waals surface area (Å²) in [4.78, 5) is 32.7. The molecule has 8 heteroatoms. The quantitative estimate of drug-likeness (QED) is 0.584. The SMILES string of the molecule is COCCNc1nc(C)cc(C(=O)Nc2ccccc2C(=O)OC)n1. The molecule has 0 unspecified atom stereocenters. The smallest absolute Gasteiger partial charge is 0.339 e. The molecule has 1 amide bonds. The Morgan fingerprint density at radius 3 is 2.64 bits per heavy atom. The van der Waals surface area contributed by atoms with Gasteiger partial charge in [0, 0.05) is 19.3 Å². The fourth-order valence-corrected chi connectivity index (χ4v) is 2.10. The molecule has 0 fully saturated rings. The third kappa shape index (κ3) is 4.98. The Bertz CT molecular complexity index is 764. The standard InChI is InChI=1S/C17H20N4O4/c1-11-10-14(21-17(19-11)18-8-9-24-2)15(22)20-13-7-5-4-6-12(13)16(23)25-3/h4-7,10H,8-9H2,1-3H3,(H,20,22)(H,18,19,21). The average molecular weight is 344 g/mol. The molecule has 25 heavy (non-hydrogen) atoms. The van der Waals surface area contributed by atoms with Crippen molar-refractivity contribution in [2.45, 2.75) is 6.92 Å². The molecule has 132 valence electrons. The van der Waals surface area contributed by atoms with Crippen molar-refractivity contribution in [2.75, 3.05) is 38.0 Å². The van der Waals surface area contributed by atoms with Crippen molar-refractivity contribution < 1.29 is 19.1 Å². The number of rotatable bonds is 7. The molecule has 0 spiro atoms. The normalized spacial score (nSPS) is 10.2. The van der Waals surface area contributed by atoms with Crippen LogP contribution in [0.4, 0.5) is 11.6 Å². The van der Waals surface area contributed by atoms with Crippen LogP contribution in [0.25, 0.3) is 0 Å². The lowest BCUT2D eigenvalue weighted by Gasteiger charge is -2.11. The van der Waals surface area contributed by atoms with Gasteiger partial charge in [-0.15, -0.1) is 0 Å². The van der Waals surface area contributed by atoms with E-state index >= 15 is 0 Å². The van der Waals surface area contributed by atoms with E-state index in [0.717, 1.165) is 0 Å². The highest BCUT2D eigenvalue weighted by atomic mass is 16.5. The first-order chi connectivity index (χ1) is 12.0. The number of esters is 1. The van der Waals surface area contributed by atoms with E-state index < -0.39 is 11.9 Å². The maximum absolute atomic E-state index is 12.5. The molecular weight excluding hydrogens is 324 g/mol. The van der Waals surface area contributed by atoms with Crippen molar-refractivity contribution >= 4 is 23.5 Å². The molecule has 0 saturated heterocycles. The predicted octanol–water partition coefficient (Wildman–Crippen LogP) is 1.88. The summed E-state index contributed by atoms with van der Waals surface area (Å²) in [7, 11) is 2.88. The minimum atomic E-state index is -0.531. The van der Waals surface area contributed by atoms with Crippen LogP contribution in [-0.2, 0) is 9.47 Å². The summed E-state index contributed by atoms with van der Waals surface area (Å²) >= 11 is 0. The fraction of sp³-hybridized carbons (Fsp3) is 0.294. The number of benzene rings is 1. The Labute approximate surface area is 145 Å². The molecule has 0 aliphatic carbocycles. The number of hydrogen-bond donors (Lipinski definition) is 2. The number of para-hydroxylation sites is 1. The van der Waals surface area contributed by atoms with E-state index in [1.165, 1.54) is 7.11 Å². The number of amides is 1. The first-order valence-corrected chi connectivity index (χ1v) is 7.62. The molecule has 2 rings (SSSR count). The predicted molar refractivity (Wildman–Crippen MR) is 92.9 cm³/mol. The van der Waals surface area contributed by atoms with Crippen LogP contribution in [0.15, 0.2) is 30.3 Å². The first kappa shape index (κ1) is 18.3. The minimum absolute atomic E-state index is 0.187. The van der Waals surface area contributed by atoms with E-state index in [2.05, 4.69) is 20.6 Å². The van der Waals surface area contributed by atoms with Crippen molar-refractivity contribution in [1.29, 1.82) is 0 Å². The van der Waals surface area contributed by atoms with Crippen molar-refractivity contribution in [3.8, 4) is 0 Å². The average Bonchev–Trinajstić information content (AvgIpc) is 2.61. The van der Waals surface area contributed by atoms with Crippen molar-refractivity contribution in [2.24, 2.45) is 0 Å². The second-order valence-corrected chi connectivity index (χ2v) is 5.13. The zero-order valence-electron chi connectivity index (χ0n) is 14.3. The van der Waals surface area contributed by atoms with Crippen LogP contribution >= 0.6 is 0 Å². The Balaban J connectivity index is 2.20. The fourth-order valence-electron chi connectivity index (χ4n) is 2.10. The molecule has 1 aromatic carbocycles. The molecule has 0 saturated carbocycles. The summed E-state index contributed by atoms with van der Waals surface area (Å²) < 4.78 is 9.68. The van der Waals surface area contributed by atoms with Gasteiger partial charge in [-0.1, -0.05) is 12.1 Å². The summed E-state index contributed by atoms with van der Waals surface area (Å²) in [5.74, 6) is -0.642. The van der Waals surface area contributed by atoms with Crippen LogP contribution < -0.4 is 10.6 Å². The zero-order valence-corrected chi connectivity index (χ0v) is 14.3. The highest BCUT2D eigenvalue weighted by molar-refractivity contribution is 6.07. The number of nitrogens with one attached hydrogen (secondary N) is 2. The largest absolute Gasteiger partial charge is 0.465 e. The summed E-state index contributed by atoms with van der Waals surface area (Å²) in [6, 6.07) is 8.16. The maximum Gasteiger partial charge on any atom is 0.339 e. The van der Waals surface area contributed by atoms with Crippen LogP contribution in [0.5, 0.6) is 0 Å². The van der Waals surface area contributed by atoms with E-state index in [9.17, 15) is 9.59 Å². The Kier molecular flexibility index (Phi) is 6.41. The zero-order chi connectivity index (χ0) is 18.2. The van der Waals surface area contributed by atoms with E-state index in [0.29, 0.717) is 30.5 Å². The van der Waals surface area contributed by atoms with Gasteiger partial charge in [0.25, 0.3) is 5.91 Å². The molecule has 0 bridgehead atoms. The molecule has 0 aliphatic heterocycles. The van der Waals surface area contributed by atoms with Gasteiger partial charge in [0.1, 0.15) is 5.69 Å². The van der Waals surface area contributed by atoms with Crippen molar-refractivity contribution in [1.82, 2.24) is 9.97 Å². The van der Waals surface area contributed by atoms with Gasteiger partial charge in [0.15, 0.2) is 0 Å². The number of hydrogen-bond acceptors (Lipinski definition) is 7. The third-order valence-electron chi connectivity index (χ3n) is 3.26. The highest BCUT2D eigenvalue weighted by Crippen LogP contribution is 2.17.